The summed E-state index contributed by atoms with van der Waals surface area (Å²) in [5.74, 6) is 0.729. The summed E-state index contributed by atoms with van der Waals surface area (Å²) in [5, 5.41) is 0. The minimum Gasteiger partial charge on any atom is -0.381 e. The third kappa shape index (κ3) is 2.33. The predicted molar refractivity (Wildman–Crippen MR) is 37.2 cm³/mol. The smallest absolute Gasteiger partial charge is 0.0469 e. The predicted octanol–water partition coefficient (Wildman–Crippen LogP) is 0.762. The highest BCUT2D eigenvalue weighted by molar-refractivity contribution is 4.62. The largest absolute Gasteiger partial charge is 0.381 e. The average Bonchev–Trinajstić information content (AvgIpc) is 2.13. The zero-order chi connectivity index (χ0) is 6.53. The first-order valence-corrected chi connectivity index (χ1v) is 3.71. The Balaban J connectivity index is 2.18. The summed E-state index contributed by atoms with van der Waals surface area (Å²) in [6, 6.07) is 0. The van der Waals surface area contributed by atoms with Crippen molar-refractivity contribution in [2.75, 3.05) is 19.8 Å². The third-order valence-electron chi connectivity index (χ3n) is 1.90. The molecule has 1 fully saturated rings. The molecule has 1 saturated heterocycles. The van der Waals surface area contributed by atoms with Crippen molar-refractivity contribution in [3.63, 3.8) is 0 Å². The molecule has 0 saturated carbocycles. The van der Waals surface area contributed by atoms with Gasteiger partial charge in [-0.15, -0.1) is 0 Å². The van der Waals surface area contributed by atoms with E-state index in [0.29, 0.717) is 0 Å². The van der Waals surface area contributed by atoms with Crippen molar-refractivity contribution in [1.82, 2.24) is 0 Å². The van der Waals surface area contributed by atoms with Crippen LogP contribution in [0.1, 0.15) is 19.3 Å². The van der Waals surface area contributed by atoms with Crippen LogP contribution in [-0.2, 0) is 4.74 Å². The maximum atomic E-state index is 5.52. The van der Waals surface area contributed by atoms with Gasteiger partial charge in [0.25, 0.3) is 0 Å². The first-order chi connectivity index (χ1) is 4.43. The zero-order valence-electron chi connectivity index (χ0n) is 5.81. The maximum absolute atomic E-state index is 5.52. The van der Waals surface area contributed by atoms with E-state index >= 15 is 0 Å². The van der Waals surface area contributed by atoms with Gasteiger partial charge >= 0.3 is 0 Å². The number of nitrogens with two attached hydrogens (primary N) is 1. The molecule has 0 radical (unpaired) electrons. The van der Waals surface area contributed by atoms with Crippen molar-refractivity contribution < 1.29 is 4.74 Å². The van der Waals surface area contributed by atoms with Crippen LogP contribution in [0.5, 0.6) is 0 Å². The number of rotatable bonds is 1. The molecule has 1 aliphatic heterocycles. The lowest BCUT2D eigenvalue weighted by Gasteiger charge is -2.07. The highest BCUT2D eigenvalue weighted by Crippen LogP contribution is 2.13. The van der Waals surface area contributed by atoms with Gasteiger partial charge in [0, 0.05) is 13.2 Å². The van der Waals surface area contributed by atoms with Gasteiger partial charge in [-0.3, -0.25) is 0 Å². The number of ether oxygens (including phenoxy) is 1. The van der Waals surface area contributed by atoms with E-state index in [9.17, 15) is 0 Å². The van der Waals surface area contributed by atoms with Crippen LogP contribution in [0.15, 0.2) is 0 Å². The molecule has 9 heavy (non-hydrogen) atoms. The SMILES string of the molecule is NC[C@@H]1CCCOCC1. The van der Waals surface area contributed by atoms with Crippen LogP contribution in [0.2, 0.25) is 0 Å². The molecule has 0 aliphatic carbocycles. The van der Waals surface area contributed by atoms with Crippen LogP contribution >= 0.6 is 0 Å². The van der Waals surface area contributed by atoms with Crippen LogP contribution in [0.3, 0.4) is 0 Å². The van der Waals surface area contributed by atoms with Gasteiger partial charge in [0.1, 0.15) is 0 Å². The van der Waals surface area contributed by atoms with Gasteiger partial charge in [0.2, 0.25) is 0 Å². The molecule has 1 atom stereocenters. The molecule has 54 valence electrons. The summed E-state index contributed by atoms with van der Waals surface area (Å²) in [6.45, 7) is 2.70. The first-order valence-electron chi connectivity index (χ1n) is 3.71. The number of hydrogen-bond acceptors (Lipinski definition) is 2. The molecule has 2 N–H and O–H groups in total. The van der Waals surface area contributed by atoms with Gasteiger partial charge in [0.15, 0.2) is 0 Å². The van der Waals surface area contributed by atoms with Gasteiger partial charge in [-0.05, 0) is 31.7 Å². The van der Waals surface area contributed by atoms with Gasteiger partial charge in [0.05, 0.1) is 0 Å². The molecule has 0 aromatic rings. The lowest BCUT2D eigenvalue weighted by Crippen LogP contribution is -2.14. The van der Waals surface area contributed by atoms with Crippen molar-refractivity contribution in [3.05, 3.63) is 0 Å². The Labute approximate surface area is 56.4 Å². The first kappa shape index (κ1) is 7.03. The van der Waals surface area contributed by atoms with Gasteiger partial charge < -0.3 is 10.5 Å². The molecule has 0 unspecified atom stereocenters. The van der Waals surface area contributed by atoms with E-state index in [2.05, 4.69) is 0 Å². The monoisotopic (exact) mass is 129 g/mol. The Morgan fingerprint density at radius 3 is 3.00 bits per heavy atom. The number of hydrogen-bond donors (Lipinski definition) is 1. The van der Waals surface area contributed by atoms with Crippen LogP contribution < -0.4 is 5.73 Å². The van der Waals surface area contributed by atoms with Crippen molar-refractivity contribution in [2.24, 2.45) is 11.7 Å². The molecule has 2 heteroatoms. The van der Waals surface area contributed by atoms with Crippen LogP contribution in [0.25, 0.3) is 0 Å². The molecule has 1 rings (SSSR count). The molecule has 1 heterocycles. The Morgan fingerprint density at radius 1 is 1.33 bits per heavy atom. The fourth-order valence-corrected chi connectivity index (χ4v) is 1.21. The van der Waals surface area contributed by atoms with E-state index < -0.39 is 0 Å². The van der Waals surface area contributed by atoms with Crippen molar-refractivity contribution >= 4 is 0 Å². The summed E-state index contributed by atoms with van der Waals surface area (Å²) in [4.78, 5) is 0. The van der Waals surface area contributed by atoms with E-state index in [1.807, 2.05) is 0 Å². The molecule has 2 nitrogen and oxygen atoms in total. The summed E-state index contributed by atoms with van der Waals surface area (Å²) in [6.07, 6.45) is 3.62. The van der Waals surface area contributed by atoms with E-state index in [4.69, 9.17) is 10.5 Å². The molecule has 0 spiro atoms. The molecule has 0 amide bonds. The Bertz CT molecular complexity index is 67.3. The zero-order valence-corrected chi connectivity index (χ0v) is 5.81. The van der Waals surface area contributed by atoms with Gasteiger partial charge in [-0.1, -0.05) is 0 Å². The van der Waals surface area contributed by atoms with Crippen molar-refractivity contribution in [3.8, 4) is 0 Å². The fourth-order valence-electron chi connectivity index (χ4n) is 1.21. The molecule has 0 aromatic carbocycles. The summed E-state index contributed by atoms with van der Waals surface area (Å²) < 4.78 is 5.27. The Hall–Kier alpha value is -0.0800. The molecule has 1 aliphatic rings. The van der Waals surface area contributed by atoms with E-state index in [0.717, 1.165) is 32.1 Å². The standard InChI is InChI=1S/C7H15NO/c8-6-7-2-1-4-9-5-3-7/h7H,1-6,8H2/t7-/m1/s1. The maximum Gasteiger partial charge on any atom is 0.0469 e. The molecular weight excluding hydrogens is 114 g/mol. The fraction of sp³-hybridized carbons (Fsp3) is 1.00. The van der Waals surface area contributed by atoms with Crippen LogP contribution in [0.4, 0.5) is 0 Å². The van der Waals surface area contributed by atoms with E-state index in [1.165, 1.54) is 12.8 Å². The lowest BCUT2D eigenvalue weighted by atomic mass is 10.0. The Kier molecular flexibility index (Phi) is 3.01. The van der Waals surface area contributed by atoms with E-state index in [1.54, 1.807) is 0 Å². The minimum atomic E-state index is 0.729. The van der Waals surface area contributed by atoms with E-state index in [-0.39, 0.29) is 0 Å². The second kappa shape index (κ2) is 3.85. The highest BCUT2D eigenvalue weighted by Gasteiger charge is 2.09. The minimum absolute atomic E-state index is 0.729. The quantitative estimate of drug-likeness (QED) is 0.567. The second-order valence-corrected chi connectivity index (χ2v) is 2.65. The Morgan fingerprint density at radius 2 is 2.22 bits per heavy atom. The van der Waals surface area contributed by atoms with Crippen molar-refractivity contribution in [1.29, 1.82) is 0 Å². The second-order valence-electron chi connectivity index (χ2n) is 2.65. The highest BCUT2D eigenvalue weighted by atomic mass is 16.5. The summed E-state index contributed by atoms with van der Waals surface area (Å²) in [7, 11) is 0. The molecule has 0 bridgehead atoms. The van der Waals surface area contributed by atoms with Crippen LogP contribution in [0, 0.1) is 5.92 Å². The third-order valence-corrected chi connectivity index (χ3v) is 1.90. The van der Waals surface area contributed by atoms with Gasteiger partial charge in [-0.2, -0.15) is 0 Å². The molecular formula is C7H15NO. The lowest BCUT2D eigenvalue weighted by molar-refractivity contribution is 0.142. The summed E-state index contributed by atoms with van der Waals surface area (Å²) in [5.41, 5.74) is 5.52. The normalized spacial score (nSPS) is 29.7. The topological polar surface area (TPSA) is 35.2 Å². The van der Waals surface area contributed by atoms with Crippen LogP contribution in [-0.4, -0.2) is 19.8 Å². The summed E-state index contributed by atoms with van der Waals surface area (Å²) >= 11 is 0. The van der Waals surface area contributed by atoms with Crippen molar-refractivity contribution in [2.45, 2.75) is 19.3 Å². The average molecular weight is 129 g/mol. The van der Waals surface area contributed by atoms with Gasteiger partial charge in [-0.25, -0.2) is 0 Å². The molecule has 0 aromatic heterocycles.